The first kappa shape index (κ1) is 8.98. The fourth-order valence-corrected chi connectivity index (χ4v) is 1.10. The van der Waals surface area contributed by atoms with E-state index < -0.39 is 0 Å². The summed E-state index contributed by atoms with van der Waals surface area (Å²) in [5.74, 6) is 0. The molecule has 0 saturated heterocycles. The second-order valence-corrected chi connectivity index (χ2v) is 2.84. The van der Waals surface area contributed by atoms with Crippen LogP contribution in [0.3, 0.4) is 0 Å². The molecule has 1 rings (SSSR count). The molecule has 0 N–H and O–H groups in total. The van der Waals surface area contributed by atoms with Gasteiger partial charge in [0.25, 0.3) is 0 Å². The summed E-state index contributed by atoms with van der Waals surface area (Å²) < 4.78 is 0. The van der Waals surface area contributed by atoms with Crippen molar-refractivity contribution in [3.05, 3.63) is 35.9 Å². The highest BCUT2D eigenvalue weighted by Gasteiger charge is 2.04. The number of nitrogens with zero attached hydrogens (tertiary/aromatic N) is 1. The molecule has 62 valence electrons. The van der Waals surface area contributed by atoms with Crippen molar-refractivity contribution in [3.63, 3.8) is 0 Å². The van der Waals surface area contributed by atoms with E-state index in [9.17, 15) is 4.79 Å². The van der Waals surface area contributed by atoms with Gasteiger partial charge in [0, 0.05) is 0 Å². The van der Waals surface area contributed by atoms with Gasteiger partial charge in [0.2, 0.25) is 6.08 Å². The fraction of sp³-hybridized carbons (Fsp3) is 0.222. The molecule has 1 atom stereocenters. The van der Waals surface area contributed by atoms with Gasteiger partial charge >= 0.3 is 0 Å². The Morgan fingerprint density at radius 2 is 2.08 bits per heavy atom. The lowest BCUT2D eigenvalue weighted by Crippen LogP contribution is -1.93. The van der Waals surface area contributed by atoms with Crippen LogP contribution in [-0.4, -0.2) is 12.6 Å². The van der Waals surface area contributed by atoms with Crippen LogP contribution in [0.25, 0.3) is 0 Å². The number of aliphatic imine (C=N–C) groups is 1. The van der Waals surface area contributed by atoms with Gasteiger partial charge in [0.15, 0.2) is 0 Å². The van der Waals surface area contributed by atoms with Gasteiger partial charge in [0.1, 0.15) is 0 Å². The molecule has 0 spiro atoms. The molecule has 0 saturated carbocycles. The zero-order chi connectivity index (χ0) is 8.81. The van der Waals surface area contributed by atoms with Crippen molar-refractivity contribution in [2.75, 3.05) is 6.54 Å². The largest absolute Gasteiger partial charge is 0.235 e. The molecule has 0 amide bonds. The molecular weight excluding hydrogens is 174 g/mol. The third-order valence-electron chi connectivity index (χ3n) is 1.48. The van der Waals surface area contributed by atoms with Crippen LogP contribution >= 0.6 is 11.6 Å². The van der Waals surface area contributed by atoms with E-state index in [1.54, 1.807) is 0 Å². The van der Waals surface area contributed by atoms with E-state index in [0.717, 1.165) is 5.56 Å². The van der Waals surface area contributed by atoms with Crippen molar-refractivity contribution in [2.24, 2.45) is 4.99 Å². The Kier molecular flexibility index (Phi) is 3.52. The van der Waals surface area contributed by atoms with Crippen LogP contribution in [0.2, 0.25) is 0 Å². The number of alkyl halides is 1. The summed E-state index contributed by atoms with van der Waals surface area (Å²) in [6, 6.07) is 9.51. The summed E-state index contributed by atoms with van der Waals surface area (Å²) in [6.45, 7) is 0.287. The molecule has 1 unspecified atom stereocenters. The van der Waals surface area contributed by atoms with Crippen molar-refractivity contribution in [3.8, 4) is 0 Å². The zero-order valence-corrected chi connectivity index (χ0v) is 7.16. The van der Waals surface area contributed by atoms with Crippen LogP contribution in [0.15, 0.2) is 35.3 Å². The molecule has 3 heteroatoms. The maximum Gasteiger partial charge on any atom is 0.235 e. The average Bonchev–Trinajstić information content (AvgIpc) is 2.15. The Morgan fingerprint density at radius 1 is 1.42 bits per heavy atom. The predicted molar refractivity (Wildman–Crippen MR) is 48.0 cm³/mol. The minimum atomic E-state index is -0.229. The van der Waals surface area contributed by atoms with Crippen molar-refractivity contribution >= 4 is 17.7 Å². The highest BCUT2D eigenvalue weighted by Crippen LogP contribution is 2.19. The lowest BCUT2D eigenvalue weighted by Gasteiger charge is -2.03. The standard InChI is InChI=1S/C9H8ClNO/c10-9(6-11-7-12)8-4-2-1-3-5-8/h1-5,9H,6H2. The maximum absolute atomic E-state index is 9.79. The van der Waals surface area contributed by atoms with Gasteiger partial charge in [-0.05, 0) is 5.56 Å². The quantitative estimate of drug-likeness (QED) is 0.400. The molecule has 1 aromatic carbocycles. The van der Waals surface area contributed by atoms with Gasteiger partial charge in [0.05, 0.1) is 11.9 Å². The van der Waals surface area contributed by atoms with Crippen LogP contribution in [0.1, 0.15) is 10.9 Å². The van der Waals surface area contributed by atoms with Crippen LogP contribution in [0, 0.1) is 0 Å². The molecule has 2 nitrogen and oxygen atoms in total. The molecule has 0 fully saturated rings. The van der Waals surface area contributed by atoms with E-state index in [-0.39, 0.29) is 11.9 Å². The average molecular weight is 182 g/mol. The van der Waals surface area contributed by atoms with E-state index in [1.165, 1.54) is 6.08 Å². The molecule has 0 aliphatic heterocycles. The molecular formula is C9H8ClNO. The smallest absolute Gasteiger partial charge is 0.211 e. The minimum absolute atomic E-state index is 0.229. The number of hydrogen-bond acceptors (Lipinski definition) is 2. The van der Waals surface area contributed by atoms with Gasteiger partial charge in [-0.2, -0.15) is 0 Å². The summed E-state index contributed by atoms with van der Waals surface area (Å²) >= 11 is 5.91. The molecule has 0 bridgehead atoms. The molecule has 0 aliphatic rings. The first-order valence-corrected chi connectivity index (χ1v) is 4.01. The Morgan fingerprint density at radius 3 is 2.67 bits per heavy atom. The van der Waals surface area contributed by atoms with Gasteiger partial charge in [-0.25, -0.2) is 9.79 Å². The van der Waals surface area contributed by atoms with E-state index in [4.69, 9.17) is 11.6 Å². The first-order valence-electron chi connectivity index (χ1n) is 3.57. The molecule has 0 aliphatic carbocycles. The van der Waals surface area contributed by atoms with Crippen LogP contribution in [0.4, 0.5) is 0 Å². The molecule has 0 heterocycles. The zero-order valence-electron chi connectivity index (χ0n) is 6.40. The predicted octanol–water partition coefficient (Wildman–Crippen LogP) is 2.30. The fourth-order valence-electron chi connectivity index (χ4n) is 0.885. The second kappa shape index (κ2) is 4.70. The number of benzene rings is 1. The van der Waals surface area contributed by atoms with Gasteiger partial charge < -0.3 is 0 Å². The summed E-state index contributed by atoms with van der Waals surface area (Å²) in [7, 11) is 0. The van der Waals surface area contributed by atoms with Crippen molar-refractivity contribution in [1.29, 1.82) is 0 Å². The van der Waals surface area contributed by atoms with Crippen molar-refractivity contribution in [2.45, 2.75) is 5.38 Å². The molecule has 0 radical (unpaired) electrons. The lowest BCUT2D eigenvalue weighted by molar-refractivity contribution is 0.562. The Bertz CT molecular complexity index is 280. The number of isocyanates is 1. The third-order valence-corrected chi connectivity index (χ3v) is 1.87. The number of hydrogen-bond donors (Lipinski definition) is 0. The van der Waals surface area contributed by atoms with E-state index in [0.29, 0.717) is 0 Å². The Hall–Kier alpha value is -1.11. The van der Waals surface area contributed by atoms with E-state index in [2.05, 4.69) is 4.99 Å². The van der Waals surface area contributed by atoms with E-state index in [1.807, 2.05) is 30.3 Å². The van der Waals surface area contributed by atoms with Crippen molar-refractivity contribution in [1.82, 2.24) is 0 Å². The van der Waals surface area contributed by atoms with Gasteiger partial charge in [-0.3, -0.25) is 0 Å². The maximum atomic E-state index is 9.79. The van der Waals surface area contributed by atoms with Gasteiger partial charge in [-0.1, -0.05) is 30.3 Å². The van der Waals surface area contributed by atoms with E-state index >= 15 is 0 Å². The Balaban J connectivity index is 2.65. The van der Waals surface area contributed by atoms with Crippen LogP contribution in [0.5, 0.6) is 0 Å². The second-order valence-electron chi connectivity index (χ2n) is 2.31. The molecule has 12 heavy (non-hydrogen) atoms. The topological polar surface area (TPSA) is 29.4 Å². The third kappa shape index (κ3) is 2.50. The number of halogens is 1. The Labute approximate surface area is 75.9 Å². The normalized spacial score (nSPS) is 11.8. The number of rotatable bonds is 3. The highest BCUT2D eigenvalue weighted by molar-refractivity contribution is 6.21. The minimum Gasteiger partial charge on any atom is -0.211 e. The number of carbonyl (C=O) groups excluding carboxylic acids is 1. The SMILES string of the molecule is O=C=NCC(Cl)c1ccccc1. The lowest BCUT2D eigenvalue weighted by atomic mass is 10.1. The van der Waals surface area contributed by atoms with Crippen LogP contribution < -0.4 is 0 Å². The van der Waals surface area contributed by atoms with Crippen molar-refractivity contribution < 1.29 is 4.79 Å². The first-order chi connectivity index (χ1) is 5.84. The highest BCUT2D eigenvalue weighted by atomic mass is 35.5. The summed E-state index contributed by atoms with van der Waals surface area (Å²) in [4.78, 5) is 13.2. The van der Waals surface area contributed by atoms with Crippen LogP contribution in [-0.2, 0) is 4.79 Å². The summed E-state index contributed by atoms with van der Waals surface area (Å²) in [5, 5.41) is -0.229. The summed E-state index contributed by atoms with van der Waals surface area (Å²) in [6.07, 6.45) is 1.46. The van der Waals surface area contributed by atoms with Gasteiger partial charge in [-0.15, -0.1) is 11.6 Å². The molecule has 1 aromatic rings. The monoisotopic (exact) mass is 181 g/mol. The summed E-state index contributed by atoms with van der Waals surface area (Å²) in [5.41, 5.74) is 0.971. The molecule has 0 aromatic heterocycles.